The van der Waals surface area contributed by atoms with Gasteiger partial charge >= 0.3 is 6.03 Å². The Bertz CT molecular complexity index is 1150. The zero-order valence-electron chi connectivity index (χ0n) is 20.5. The summed E-state index contributed by atoms with van der Waals surface area (Å²) in [5, 5.41) is 4.35. The van der Waals surface area contributed by atoms with Gasteiger partial charge in [-0.05, 0) is 42.7 Å². The van der Waals surface area contributed by atoms with Crippen LogP contribution in [0.5, 0.6) is 0 Å². The number of anilines is 1. The molecular formula is C27H35N5OS. The molecule has 1 aromatic carbocycles. The van der Waals surface area contributed by atoms with E-state index in [-0.39, 0.29) is 6.03 Å². The molecule has 1 aliphatic heterocycles. The van der Waals surface area contributed by atoms with Crippen LogP contribution < -0.4 is 10.2 Å². The van der Waals surface area contributed by atoms with Crippen molar-refractivity contribution in [3.8, 4) is 0 Å². The molecular weight excluding hydrogens is 442 g/mol. The molecule has 2 unspecified atom stereocenters. The molecule has 3 heterocycles. The first-order valence-electron chi connectivity index (χ1n) is 12.7. The van der Waals surface area contributed by atoms with Gasteiger partial charge in [0.2, 0.25) is 0 Å². The Balaban J connectivity index is 1.35. The van der Waals surface area contributed by atoms with Crippen molar-refractivity contribution in [1.82, 2.24) is 20.2 Å². The quantitative estimate of drug-likeness (QED) is 0.537. The number of aromatic nitrogens is 2. The van der Waals surface area contributed by atoms with Crippen molar-refractivity contribution < 1.29 is 4.79 Å². The van der Waals surface area contributed by atoms with E-state index in [0.29, 0.717) is 25.6 Å². The number of piperazine rings is 1. The molecule has 6 nitrogen and oxygen atoms in total. The van der Waals surface area contributed by atoms with E-state index in [1.165, 1.54) is 22.2 Å². The van der Waals surface area contributed by atoms with Gasteiger partial charge in [-0.25, -0.2) is 14.8 Å². The third-order valence-corrected chi connectivity index (χ3v) is 8.51. The second-order valence-corrected chi connectivity index (χ2v) is 10.9. The van der Waals surface area contributed by atoms with Gasteiger partial charge in [-0.15, -0.1) is 11.3 Å². The topological polar surface area (TPSA) is 61.4 Å². The predicted molar refractivity (Wildman–Crippen MR) is 140 cm³/mol. The van der Waals surface area contributed by atoms with Crippen LogP contribution in [0, 0.1) is 5.92 Å². The SMILES string of the molecule is CCC(C)c1nc(N2CCN(C(=O)NCc3ccccc3)CC2)c2c3c(sc2n1)CC(C)CC3. The Morgan fingerprint density at radius 3 is 2.68 bits per heavy atom. The maximum atomic E-state index is 12.8. The van der Waals surface area contributed by atoms with Crippen molar-refractivity contribution >= 4 is 33.4 Å². The van der Waals surface area contributed by atoms with Crippen molar-refractivity contribution in [1.29, 1.82) is 0 Å². The number of hydrogen-bond donors (Lipinski definition) is 1. The number of hydrogen-bond acceptors (Lipinski definition) is 5. The average molecular weight is 478 g/mol. The lowest BCUT2D eigenvalue weighted by atomic mass is 9.89. The van der Waals surface area contributed by atoms with Gasteiger partial charge in [0.25, 0.3) is 0 Å². The molecule has 2 aliphatic rings. The molecule has 3 aromatic rings. The fourth-order valence-electron chi connectivity index (χ4n) is 4.98. The highest BCUT2D eigenvalue weighted by atomic mass is 32.1. The van der Waals surface area contributed by atoms with Crippen molar-refractivity contribution in [2.24, 2.45) is 5.92 Å². The minimum atomic E-state index is 0.0125. The number of fused-ring (bicyclic) bond motifs is 3. The summed E-state index contributed by atoms with van der Waals surface area (Å²) in [6.45, 7) is 10.3. The van der Waals surface area contributed by atoms with Crippen molar-refractivity contribution in [2.75, 3.05) is 31.1 Å². The summed E-state index contributed by atoms with van der Waals surface area (Å²) in [6.07, 6.45) is 4.55. The highest BCUT2D eigenvalue weighted by Crippen LogP contribution is 2.41. The van der Waals surface area contributed by atoms with Crippen LogP contribution in [0.2, 0.25) is 0 Å². The van der Waals surface area contributed by atoms with Crippen molar-refractivity contribution in [3.05, 3.63) is 52.2 Å². The summed E-state index contributed by atoms with van der Waals surface area (Å²) in [5.41, 5.74) is 2.60. The normalized spacial score (nSPS) is 19.2. The highest BCUT2D eigenvalue weighted by molar-refractivity contribution is 7.19. The lowest BCUT2D eigenvalue weighted by Crippen LogP contribution is -2.52. The lowest BCUT2D eigenvalue weighted by molar-refractivity contribution is 0.194. The van der Waals surface area contributed by atoms with Crippen molar-refractivity contribution in [3.63, 3.8) is 0 Å². The fraction of sp³-hybridized carbons (Fsp3) is 0.519. The van der Waals surface area contributed by atoms with Gasteiger partial charge in [-0.1, -0.05) is 51.1 Å². The summed E-state index contributed by atoms with van der Waals surface area (Å²) in [4.78, 5) is 29.9. The molecule has 0 saturated carbocycles. The molecule has 2 aromatic heterocycles. The Kier molecular flexibility index (Phi) is 6.73. The van der Waals surface area contributed by atoms with Crippen molar-refractivity contribution in [2.45, 2.75) is 58.9 Å². The molecule has 2 amide bonds. The van der Waals surface area contributed by atoms with Gasteiger partial charge in [0.15, 0.2) is 0 Å². The predicted octanol–water partition coefficient (Wildman–Crippen LogP) is 5.36. The molecule has 1 fully saturated rings. The molecule has 7 heteroatoms. The van der Waals surface area contributed by atoms with Gasteiger partial charge in [0.05, 0.1) is 5.39 Å². The smallest absolute Gasteiger partial charge is 0.317 e. The second-order valence-electron chi connectivity index (χ2n) is 9.87. The number of nitrogens with zero attached hydrogens (tertiary/aromatic N) is 4. The van der Waals surface area contributed by atoms with Gasteiger partial charge in [-0.3, -0.25) is 0 Å². The van der Waals surface area contributed by atoms with E-state index in [9.17, 15) is 4.79 Å². The number of benzene rings is 1. The third kappa shape index (κ3) is 4.63. The summed E-state index contributed by atoms with van der Waals surface area (Å²) >= 11 is 1.88. The Labute approximate surface area is 206 Å². The number of nitrogens with one attached hydrogen (secondary N) is 1. The van der Waals surface area contributed by atoms with E-state index in [1.807, 2.05) is 46.6 Å². The summed E-state index contributed by atoms with van der Waals surface area (Å²) < 4.78 is 0. The van der Waals surface area contributed by atoms with Crippen LogP contribution in [0.15, 0.2) is 30.3 Å². The van der Waals surface area contributed by atoms with E-state index in [1.54, 1.807) is 0 Å². The van der Waals surface area contributed by atoms with Gasteiger partial charge < -0.3 is 15.1 Å². The number of aryl methyl sites for hydroxylation is 1. The Morgan fingerprint density at radius 1 is 1.18 bits per heavy atom. The number of amides is 2. The van der Waals surface area contributed by atoms with Gasteiger partial charge in [0.1, 0.15) is 16.5 Å². The first-order valence-corrected chi connectivity index (χ1v) is 13.5. The van der Waals surface area contributed by atoms with Gasteiger partial charge in [-0.2, -0.15) is 0 Å². The average Bonchev–Trinajstić information content (AvgIpc) is 3.24. The Hall–Kier alpha value is -2.67. The van der Waals surface area contributed by atoms with E-state index in [2.05, 4.69) is 31.0 Å². The second kappa shape index (κ2) is 9.90. The zero-order valence-corrected chi connectivity index (χ0v) is 21.3. The number of rotatable bonds is 5. The van der Waals surface area contributed by atoms with E-state index >= 15 is 0 Å². The largest absolute Gasteiger partial charge is 0.352 e. The summed E-state index contributed by atoms with van der Waals surface area (Å²) in [7, 11) is 0. The minimum Gasteiger partial charge on any atom is -0.352 e. The molecule has 34 heavy (non-hydrogen) atoms. The molecule has 2 atom stereocenters. The van der Waals surface area contributed by atoms with E-state index in [0.717, 1.165) is 60.3 Å². The number of carbonyl (C=O) groups is 1. The van der Waals surface area contributed by atoms with Crippen LogP contribution >= 0.6 is 11.3 Å². The maximum absolute atomic E-state index is 12.8. The molecule has 180 valence electrons. The molecule has 0 radical (unpaired) electrons. The number of carbonyl (C=O) groups excluding carboxylic acids is 1. The molecule has 1 N–H and O–H groups in total. The van der Waals surface area contributed by atoms with Crippen LogP contribution in [0.1, 0.15) is 61.4 Å². The molecule has 0 spiro atoms. The third-order valence-electron chi connectivity index (χ3n) is 7.36. The van der Waals surface area contributed by atoms with Gasteiger partial charge in [0, 0.05) is 43.5 Å². The minimum absolute atomic E-state index is 0.0125. The lowest BCUT2D eigenvalue weighted by Gasteiger charge is -2.36. The standard InChI is InChI=1S/C27H35N5OS/c1-4-19(3)24-29-25(23-21-11-10-18(2)16-22(21)34-26(23)30-24)31-12-14-32(15-13-31)27(33)28-17-20-8-6-5-7-9-20/h5-9,18-19H,4,10-17H2,1-3H3,(H,28,33). The van der Waals surface area contributed by atoms with E-state index < -0.39 is 0 Å². The molecule has 0 bridgehead atoms. The van der Waals surface area contributed by atoms with Crippen LogP contribution in [0.25, 0.3) is 10.2 Å². The first-order chi connectivity index (χ1) is 16.5. The molecule has 1 aliphatic carbocycles. The summed E-state index contributed by atoms with van der Waals surface area (Å²) in [5.74, 6) is 3.13. The highest BCUT2D eigenvalue weighted by Gasteiger charge is 2.29. The van der Waals surface area contributed by atoms with Crippen LogP contribution in [0.3, 0.4) is 0 Å². The van der Waals surface area contributed by atoms with Crippen LogP contribution in [-0.4, -0.2) is 47.1 Å². The zero-order chi connectivity index (χ0) is 23.7. The number of thiophene rings is 1. The van der Waals surface area contributed by atoms with E-state index in [4.69, 9.17) is 9.97 Å². The number of urea groups is 1. The molecule has 1 saturated heterocycles. The monoisotopic (exact) mass is 477 g/mol. The first kappa shape index (κ1) is 23.1. The Morgan fingerprint density at radius 2 is 1.94 bits per heavy atom. The fourth-order valence-corrected chi connectivity index (χ4v) is 6.36. The van der Waals surface area contributed by atoms with Crippen LogP contribution in [-0.2, 0) is 19.4 Å². The maximum Gasteiger partial charge on any atom is 0.317 e. The molecule has 5 rings (SSSR count). The van der Waals surface area contributed by atoms with Crippen LogP contribution in [0.4, 0.5) is 10.6 Å². The summed E-state index contributed by atoms with van der Waals surface area (Å²) in [6, 6.07) is 10.1.